The Morgan fingerprint density at radius 2 is 2.22 bits per heavy atom. The Balaban J connectivity index is 2.13. The van der Waals surface area contributed by atoms with Gasteiger partial charge in [-0.05, 0) is 48.0 Å². The predicted octanol–water partition coefficient (Wildman–Crippen LogP) is 4.24. The number of anilines is 1. The van der Waals surface area contributed by atoms with Crippen molar-refractivity contribution in [2.45, 2.75) is 26.9 Å². The lowest BCUT2D eigenvalue weighted by Crippen LogP contribution is -2.08. The number of hydrogen-bond acceptors (Lipinski definition) is 2. The first-order valence-electron chi connectivity index (χ1n) is 5.83. The molecule has 1 N–H and O–H groups in total. The molecule has 0 aliphatic rings. The maximum absolute atomic E-state index is 6.05. The SMILES string of the molecule is CCn1nc(C)cc1CNc1cccc(Cl)c1Br. The van der Waals surface area contributed by atoms with E-state index in [9.17, 15) is 0 Å². The lowest BCUT2D eigenvalue weighted by molar-refractivity contribution is 0.623. The molecule has 0 unspecified atom stereocenters. The lowest BCUT2D eigenvalue weighted by Gasteiger charge is -2.10. The summed E-state index contributed by atoms with van der Waals surface area (Å²) in [6, 6.07) is 7.87. The van der Waals surface area contributed by atoms with Crippen LogP contribution in [0, 0.1) is 6.92 Å². The third-order valence-electron chi connectivity index (χ3n) is 2.70. The van der Waals surface area contributed by atoms with E-state index in [2.05, 4.69) is 39.3 Å². The van der Waals surface area contributed by atoms with Gasteiger partial charge in [0.1, 0.15) is 0 Å². The summed E-state index contributed by atoms with van der Waals surface area (Å²) in [5.41, 5.74) is 3.20. The molecule has 1 heterocycles. The van der Waals surface area contributed by atoms with Crippen LogP contribution in [0.4, 0.5) is 5.69 Å². The van der Waals surface area contributed by atoms with E-state index in [1.54, 1.807) is 0 Å². The minimum Gasteiger partial charge on any atom is -0.378 e. The Bertz CT molecular complexity index is 551. The van der Waals surface area contributed by atoms with Crippen molar-refractivity contribution < 1.29 is 0 Å². The van der Waals surface area contributed by atoms with Gasteiger partial charge < -0.3 is 5.32 Å². The number of benzene rings is 1. The Labute approximate surface area is 120 Å². The van der Waals surface area contributed by atoms with Crippen LogP contribution in [0.3, 0.4) is 0 Å². The Morgan fingerprint density at radius 3 is 2.94 bits per heavy atom. The van der Waals surface area contributed by atoms with Gasteiger partial charge in [0.25, 0.3) is 0 Å². The van der Waals surface area contributed by atoms with Gasteiger partial charge in [0, 0.05) is 6.54 Å². The highest BCUT2D eigenvalue weighted by molar-refractivity contribution is 9.10. The van der Waals surface area contributed by atoms with Crippen molar-refractivity contribution in [3.05, 3.63) is 45.1 Å². The zero-order valence-corrected chi connectivity index (χ0v) is 12.7. The van der Waals surface area contributed by atoms with Gasteiger partial charge in [0.2, 0.25) is 0 Å². The summed E-state index contributed by atoms with van der Waals surface area (Å²) in [4.78, 5) is 0. The largest absolute Gasteiger partial charge is 0.378 e. The fourth-order valence-electron chi connectivity index (χ4n) is 1.84. The molecule has 0 aliphatic carbocycles. The van der Waals surface area contributed by atoms with E-state index in [-0.39, 0.29) is 0 Å². The van der Waals surface area contributed by atoms with Crippen molar-refractivity contribution in [3.63, 3.8) is 0 Å². The van der Waals surface area contributed by atoms with E-state index in [1.807, 2.05) is 29.8 Å². The summed E-state index contributed by atoms with van der Waals surface area (Å²) in [6.45, 7) is 5.70. The maximum atomic E-state index is 6.05. The zero-order valence-electron chi connectivity index (χ0n) is 10.4. The van der Waals surface area contributed by atoms with Crippen molar-refractivity contribution in [3.8, 4) is 0 Å². The highest BCUT2D eigenvalue weighted by Crippen LogP contribution is 2.30. The number of hydrogen-bond donors (Lipinski definition) is 1. The van der Waals surface area contributed by atoms with E-state index in [4.69, 9.17) is 11.6 Å². The first-order chi connectivity index (χ1) is 8.61. The highest BCUT2D eigenvalue weighted by Gasteiger charge is 2.06. The molecular weight excluding hydrogens is 314 g/mol. The van der Waals surface area contributed by atoms with Crippen LogP contribution in [0.15, 0.2) is 28.7 Å². The molecule has 1 aromatic heterocycles. The fraction of sp³-hybridized carbons (Fsp3) is 0.308. The second kappa shape index (κ2) is 5.76. The van der Waals surface area contributed by atoms with Gasteiger partial charge in [0.15, 0.2) is 0 Å². The van der Waals surface area contributed by atoms with Gasteiger partial charge in [-0.3, -0.25) is 4.68 Å². The molecule has 3 nitrogen and oxygen atoms in total. The Morgan fingerprint density at radius 1 is 1.44 bits per heavy atom. The fourth-order valence-corrected chi connectivity index (χ4v) is 2.42. The third kappa shape index (κ3) is 2.87. The van der Waals surface area contributed by atoms with Gasteiger partial charge in [-0.25, -0.2) is 0 Å². The van der Waals surface area contributed by atoms with Crippen LogP contribution in [0.1, 0.15) is 18.3 Å². The smallest absolute Gasteiger partial charge is 0.0597 e. The summed E-state index contributed by atoms with van der Waals surface area (Å²) >= 11 is 9.53. The van der Waals surface area contributed by atoms with E-state index in [0.29, 0.717) is 5.02 Å². The molecule has 0 fully saturated rings. The number of nitrogens with zero attached hydrogens (tertiary/aromatic N) is 2. The minimum atomic E-state index is 0.708. The Kier molecular flexibility index (Phi) is 4.30. The molecule has 96 valence electrons. The minimum absolute atomic E-state index is 0.708. The molecule has 0 saturated carbocycles. The predicted molar refractivity (Wildman–Crippen MR) is 79.1 cm³/mol. The zero-order chi connectivity index (χ0) is 13.1. The number of rotatable bonds is 4. The molecule has 0 aliphatic heterocycles. The molecule has 2 rings (SSSR count). The number of nitrogens with one attached hydrogen (secondary N) is 1. The van der Waals surface area contributed by atoms with Crippen LogP contribution in [0.5, 0.6) is 0 Å². The lowest BCUT2D eigenvalue weighted by atomic mass is 10.3. The van der Waals surface area contributed by atoms with Gasteiger partial charge in [-0.1, -0.05) is 17.7 Å². The molecule has 0 radical (unpaired) electrons. The van der Waals surface area contributed by atoms with Crippen molar-refractivity contribution in [2.75, 3.05) is 5.32 Å². The average Bonchev–Trinajstić information content (AvgIpc) is 2.71. The van der Waals surface area contributed by atoms with Crippen LogP contribution in [0.25, 0.3) is 0 Å². The molecule has 0 spiro atoms. The quantitative estimate of drug-likeness (QED) is 0.910. The van der Waals surface area contributed by atoms with Gasteiger partial charge in [0.05, 0.1) is 33.1 Å². The van der Waals surface area contributed by atoms with Crippen molar-refractivity contribution in [2.24, 2.45) is 0 Å². The van der Waals surface area contributed by atoms with Crippen LogP contribution in [-0.4, -0.2) is 9.78 Å². The Hall–Kier alpha value is -1.000. The first-order valence-corrected chi connectivity index (χ1v) is 7.00. The summed E-state index contributed by atoms with van der Waals surface area (Å²) in [6.07, 6.45) is 0. The summed E-state index contributed by atoms with van der Waals surface area (Å²) < 4.78 is 2.90. The van der Waals surface area contributed by atoms with Gasteiger partial charge in [-0.2, -0.15) is 5.10 Å². The molecule has 0 bridgehead atoms. The molecule has 2 aromatic rings. The third-order valence-corrected chi connectivity index (χ3v) is 4.09. The average molecular weight is 329 g/mol. The van der Waals surface area contributed by atoms with Gasteiger partial charge in [-0.15, -0.1) is 0 Å². The molecule has 5 heteroatoms. The van der Waals surface area contributed by atoms with E-state index in [1.165, 1.54) is 5.69 Å². The standard InChI is InChI=1S/C13H15BrClN3/c1-3-18-10(7-9(2)17-18)8-16-12-6-4-5-11(15)13(12)14/h4-7,16H,3,8H2,1-2H3. The monoisotopic (exact) mass is 327 g/mol. The molecule has 18 heavy (non-hydrogen) atoms. The summed E-state index contributed by atoms with van der Waals surface area (Å²) in [5.74, 6) is 0. The van der Waals surface area contributed by atoms with Crippen molar-refractivity contribution in [1.29, 1.82) is 0 Å². The maximum Gasteiger partial charge on any atom is 0.0597 e. The van der Waals surface area contributed by atoms with Crippen LogP contribution in [-0.2, 0) is 13.1 Å². The normalized spacial score (nSPS) is 10.7. The topological polar surface area (TPSA) is 29.9 Å². The van der Waals surface area contributed by atoms with Crippen LogP contribution < -0.4 is 5.32 Å². The number of halogens is 2. The van der Waals surface area contributed by atoms with Crippen LogP contribution in [0.2, 0.25) is 5.02 Å². The number of aromatic nitrogens is 2. The highest BCUT2D eigenvalue weighted by atomic mass is 79.9. The van der Waals surface area contributed by atoms with E-state index < -0.39 is 0 Å². The molecular formula is C13H15BrClN3. The summed E-state index contributed by atoms with van der Waals surface area (Å²) in [7, 11) is 0. The molecule has 0 atom stereocenters. The molecule has 1 aromatic carbocycles. The van der Waals surface area contributed by atoms with Crippen LogP contribution >= 0.6 is 27.5 Å². The molecule has 0 amide bonds. The van der Waals surface area contributed by atoms with Crippen molar-refractivity contribution in [1.82, 2.24) is 9.78 Å². The van der Waals surface area contributed by atoms with E-state index >= 15 is 0 Å². The second-order valence-corrected chi connectivity index (χ2v) is 5.25. The summed E-state index contributed by atoms with van der Waals surface area (Å²) in [5, 5.41) is 8.49. The van der Waals surface area contributed by atoms with Crippen molar-refractivity contribution >= 4 is 33.2 Å². The number of aryl methyl sites for hydroxylation is 2. The first kappa shape index (κ1) is 13.4. The second-order valence-electron chi connectivity index (χ2n) is 4.05. The van der Waals surface area contributed by atoms with E-state index in [0.717, 1.165) is 28.9 Å². The van der Waals surface area contributed by atoms with Gasteiger partial charge >= 0.3 is 0 Å². The molecule has 0 saturated heterocycles.